The van der Waals surface area contributed by atoms with Crippen molar-refractivity contribution in [1.29, 1.82) is 0 Å². The lowest BCUT2D eigenvalue weighted by Crippen LogP contribution is -2.15. The average Bonchev–Trinajstić information content (AvgIpc) is 2.99. The smallest absolute Gasteiger partial charge is 0.187 e. The first kappa shape index (κ1) is 18.9. The second-order valence-corrected chi connectivity index (χ2v) is 10.8. The molecule has 1 atom stereocenters. The summed E-state index contributed by atoms with van der Waals surface area (Å²) >= 11 is 0. The van der Waals surface area contributed by atoms with Gasteiger partial charge in [0.05, 0.1) is 15.5 Å². The third-order valence-electron chi connectivity index (χ3n) is 4.64. The maximum atomic E-state index is 13.0. The van der Waals surface area contributed by atoms with Crippen molar-refractivity contribution in [1.82, 2.24) is 4.98 Å². The van der Waals surface area contributed by atoms with Crippen LogP contribution in [0.5, 0.6) is 5.75 Å². The zero-order valence-electron chi connectivity index (χ0n) is 14.8. The first-order chi connectivity index (χ1) is 13.4. The molecule has 0 amide bonds. The lowest BCUT2D eigenvalue weighted by Gasteiger charge is -2.27. The first-order valence-electron chi connectivity index (χ1n) is 8.58. The van der Waals surface area contributed by atoms with E-state index in [9.17, 15) is 17.5 Å². The summed E-state index contributed by atoms with van der Waals surface area (Å²) in [7, 11) is -6.96. The molecule has 0 fully saturated rings. The van der Waals surface area contributed by atoms with Gasteiger partial charge in [-0.1, -0.05) is 30.3 Å². The van der Waals surface area contributed by atoms with E-state index in [0.29, 0.717) is 11.3 Å². The molecule has 0 spiro atoms. The van der Waals surface area contributed by atoms with E-state index in [1.54, 1.807) is 48.8 Å². The number of benzene rings is 2. The van der Waals surface area contributed by atoms with Gasteiger partial charge in [0.1, 0.15) is 17.6 Å². The highest BCUT2D eigenvalue weighted by atomic mass is 32.3. The largest absolute Gasteiger partial charge is 0.489 e. The molecule has 4 rings (SSSR count). The molecule has 8 heteroatoms. The van der Waals surface area contributed by atoms with Crippen LogP contribution in [0.1, 0.15) is 16.4 Å². The zero-order chi connectivity index (χ0) is 19.8. The lowest BCUT2D eigenvalue weighted by atomic mass is 10.1. The van der Waals surface area contributed by atoms with Crippen LogP contribution in [0.3, 0.4) is 0 Å². The van der Waals surface area contributed by atoms with Gasteiger partial charge in [-0.25, -0.2) is 8.42 Å². The normalized spacial score (nSPS) is 19.0. The fourth-order valence-electron chi connectivity index (χ4n) is 3.23. The number of nitrogens with zero attached hydrogens (tertiary/aromatic N) is 1. The third-order valence-corrected chi connectivity index (χ3v) is 8.81. The number of ether oxygens (including phenoxy) is 1. The highest BCUT2D eigenvalue weighted by Gasteiger charge is 2.43. The number of hydrogen-bond acceptors (Lipinski definition) is 6. The van der Waals surface area contributed by atoms with Gasteiger partial charge >= 0.3 is 0 Å². The third kappa shape index (κ3) is 3.51. The van der Waals surface area contributed by atoms with Gasteiger partial charge < -0.3 is 4.74 Å². The first-order valence-corrected chi connectivity index (χ1v) is 11.8. The maximum Gasteiger partial charge on any atom is 0.187 e. The molecule has 28 heavy (non-hydrogen) atoms. The predicted octanol–water partition coefficient (Wildman–Crippen LogP) is 4.30. The molecule has 2 aromatic carbocycles. The quantitative estimate of drug-likeness (QED) is 0.642. The maximum absolute atomic E-state index is 13.0. The number of pyridine rings is 1. The minimum absolute atomic E-state index is 0.167. The zero-order valence-corrected chi connectivity index (χ0v) is 16.4. The monoisotopic (exact) mass is 417 g/mol. The summed E-state index contributed by atoms with van der Waals surface area (Å²) in [5, 5.41) is -0.998. The van der Waals surface area contributed by atoms with Crippen LogP contribution in [0, 0.1) is 0 Å². The highest BCUT2D eigenvalue weighted by molar-refractivity contribution is 8.25. The Bertz CT molecular complexity index is 1090. The summed E-state index contributed by atoms with van der Waals surface area (Å²) in [6.07, 6.45) is 3.35. The van der Waals surface area contributed by atoms with Crippen molar-refractivity contribution in [3.05, 3.63) is 84.2 Å². The van der Waals surface area contributed by atoms with Crippen LogP contribution in [0.15, 0.2) is 82.8 Å². The van der Waals surface area contributed by atoms with Crippen molar-refractivity contribution >= 4 is 20.4 Å². The molecule has 0 radical (unpaired) electrons. The van der Waals surface area contributed by atoms with Crippen molar-refractivity contribution < 1.29 is 22.3 Å². The average molecular weight is 418 g/mol. The molecule has 0 saturated carbocycles. The predicted molar refractivity (Wildman–Crippen MR) is 107 cm³/mol. The van der Waals surface area contributed by atoms with Crippen molar-refractivity contribution in [2.45, 2.75) is 21.6 Å². The summed E-state index contributed by atoms with van der Waals surface area (Å²) < 4.78 is 52.9. The Hall–Kier alpha value is -2.39. The van der Waals surface area contributed by atoms with E-state index < -0.39 is 25.7 Å². The van der Waals surface area contributed by atoms with Gasteiger partial charge in [0.15, 0.2) is 9.84 Å². The molecule has 2 N–H and O–H groups in total. The Balaban J connectivity index is 1.65. The molecule has 6 nitrogen and oxygen atoms in total. The molecule has 0 saturated heterocycles. The van der Waals surface area contributed by atoms with Crippen LogP contribution in [0.25, 0.3) is 0 Å². The molecule has 1 aromatic heterocycles. The minimum atomic E-state index is -3.74. The van der Waals surface area contributed by atoms with E-state index >= 15 is 0 Å². The molecule has 146 valence electrons. The summed E-state index contributed by atoms with van der Waals surface area (Å²) in [5.41, 5.74) is 1.29. The van der Waals surface area contributed by atoms with Crippen LogP contribution in [-0.4, -0.2) is 28.3 Å². The minimum Gasteiger partial charge on any atom is -0.489 e. The topological polar surface area (TPSA) is 96.7 Å². The van der Waals surface area contributed by atoms with E-state index in [4.69, 9.17) is 4.74 Å². The number of hydrogen-bond donors (Lipinski definition) is 2. The molecule has 1 aliphatic heterocycles. The molecule has 1 unspecified atom stereocenters. The number of fused-ring (bicyclic) bond motifs is 1. The molecule has 0 bridgehead atoms. The second kappa shape index (κ2) is 7.21. The SMILES string of the molecule is O=S(=O)(c1ccccc1)C1CS(O)(O)c2cc(OCc3cccnc3)ccc21. The van der Waals surface area contributed by atoms with Crippen molar-refractivity contribution in [3.63, 3.8) is 0 Å². The fraction of sp³-hybridized carbons (Fsp3) is 0.150. The van der Waals surface area contributed by atoms with Gasteiger partial charge in [-0.3, -0.25) is 14.1 Å². The van der Waals surface area contributed by atoms with Crippen molar-refractivity contribution in [2.75, 3.05) is 5.75 Å². The summed E-state index contributed by atoms with van der Waals surface area (Å²) in [6, 6.07) is 16.5. The van der Waals surface area contributed by atoms with Gasteiger partial charge in [-0.15, -0.1) is 0 Å². The molecule has 1 aliphatic rings. The Labute approximate surface area is 165 Å². The van der Waals surface area contributed by atoms with E-state index in [0.717, 1.165) is 5.56 Å². The molecule has 2 heterocycles. The van der Waals surface area contributed by atoms with Gasteiger partial charge in [0.2, 0.25) is 0 Å². The number of rotatable bonds is 5. The van der Waals surface area contributed by atoms with Gasteiger partial charge in [0.25, 0.3) is 0 Å². The van der Waals surface area contributed by atoms with Crippen molar-refractivity contribution in [2.24, 2.45) is 0 Å². The Kier molecular flexibility index (Phi) is 4.88. The molecule has 0 aliphatic carbocycles. The van der Waals surface area contributed by atoms with Gasteiger partial charge in [-0.2, -0.15) is 10.6 Å². The molecular weight excluding hydrogens is 398 g/mol. The van der Waals surface area contributed by atoms with E-state index in [-0.39, 0.29) is 22.2 Å². The Morgan fingerprint density at radius 2 is 1.86 bits per heavy atom. The molecule has 3 aromatic rings. The van der Waals surface area contributed by atoms with Crippen LogP contribution < -0.4 is 4.74 Å². The van der Waals surface area contributed by atoms with Crippen LogP contribution in [0.2, 0.25) is 0 Å². The Morgan fingerprint density at radius 1 is 1.07 bits per heavy atom. The number of aromatic nitrogens is 1. The van der Waals surface area contributed by atoms with Gasteiger partial charge in [-0.05, 0) is 29.8 Å². The molecular formula is C20H19NO5S2. The summed E-state index contributed by atoms with van der Waals surface area (Å²) in [5.74, 6) is 0.200. The van der Waals surface area contributed by atoms with Gasteiger partial charge in [0, 0.05) is 24.0 Å². The lowest BCUT2D eigenvalue weighted by molar-refractivity contribution is 0.304. The van der Waals surface area contributed by atoms with Crippen LogP contribution in [-0.2, 0) is 16.4 Å². The summed E-state index contributed by atoms with van der Waals surface area (Å²) in [4.78, 5) is 4.42. The van der Waals surface area contributed by atoms with Crippen LogP contribution >= 0.6 is 10.6 Å². The summed E-state index contributed by atoms with van der Waals surface area (Å²) in [6.45, 7) is 0.275. The standard InChI is InChI=1S/C20H19NO5S2/c22-27(23)14-20(28(24,25)17-6-2-1-3-7-17)18-9-8-16(11-19(18)27)26-13-15-5-4-10-21-12-15/h1-12,20,22-23H,13-14H2. The second-order valence-electron chi connectivity index (χ2n) is 6.53. The van der Waals surface area contributed by atoms with Crippen LogP contribution in [0.4, 0.5) is 0 Å². The number of sulfone groups is 1. The van der Waals surface area contributed by atoms with E-state index in [1.807, 2.05) is 6.07 Å². The van der Waals surface area contributed by atoms with Crippen molar-refractivity contribution in [3.8, 4) is 5.75 Å². The van der Waals surface area contributed by atoms with E-state index in [1.165, 1.54) is 18.2 Å². The fourth-order valence-corrected chi connectivity index (χ4v) is 7.66. The van der Waals surface area contributed by atoms with E-state index in [2.05, 4.69) is 4.98 Å². The highest BCUT2D eigenvalue weighted by Crippen LogP contribution is 2.61. The Morgan fingerprint density at radius 3 is 2.57 bits per heavy atom.